The summed E-state index contributed by atoms with van der Waals surface area (Å²) >= 11 is 0. The van der Waals surface area contributed by atoms with Crippen LogP contribution in [0.2, 0.25) is 0 Å². The van der Waals surface area contributed by atoms with Gasteiger partial charge in [-0.25, -0.2) is 14.1 Å². The molecular formula is C26H21FN2O5. The molecule has 2 aromatic carbocycles. The van der Waals surface area contributed by atoms with Crippen LogP contribution in [0.25, 0.3) is 0 Å². The molecule has 0 spiro atoms. The van der Waals surface area contributed by atoms with Crippen LogP contribution in [0.1, 0.15) is 71.7 Å². The summed E-state index contributed by atoms with van der Waals surface area (Å²) in [5.74, 6) is -2.75. The van der Waals surface area contributed by atoms with Gasteiger partial charge in [0.25, 0.3) is 11.8 Å². The fourth-order valence-electron chi connectivity index (χ4n) is 4.44. The van der Waals surface area contributed by atoms with Crippen LogP contribution in [-0.4, -0.2) is 34.7 Å². The molecule has 2 heterocycles. The van der Waals surface area contributed by atoms with E-state index in [4.69, 9.17) is 4.74 Å². The SMILES string of the molecule is Cc1cc(C(=O)COC(=O)c2ccc3c(c2)C(=O)N(c2ccc(F)cc2)C3=O)c(C)n1C1CC1. The molecule has 1 saturated carbocycles. The molecule has 1 aromatic heterocycles. The van der Waals surface area contributed by atoms with Gasteiger partial charge in [-0.1, -0.05) is 0 Å². The molecule has 0 unspecified atom stereocenters. The number of carbonyl (C=O) groups is 4. The van der Waals surface area contributed by atoms with Crippen molar-refractivity contribution in [2.45, 2.75) is 32.7 Å². The van der Waals surface area contributed by atoms with Gasteiger partial charge in [-0.05, 0) is 75.2 Å². The number of ketones is 1. The smallest absolute Gasteiger partial charge is 0.338 e. The number of imide groups is 1. The predicted molar refractivity (Wildman–Crippen MR) is 121 cm³/mol. The van der Waals surface area contributed by atoms with Crippen molar-refractivity contribution in [2.75, 3.05) is 11.5 Å². The molecule has 0 saturated heterocycles. The normalized spacial score (nSPS) is 15.0. The van der Waals surface area contributed by atoms with E-state index in [1.165, 1.54) is 30.3 Å². The maximum absolute atomic E-state index is 13.2. The molecule has 0 atom stereocenters. The summed E-state index contributed by atoms with van der Waals surface area (Å²) in [6.45, 7) is 3.40. The Morgan fingerprint density at radius 3 is 2.32 bits per heavy atom. The molecule has 1 aliphatic heterocycles. The lowest BCUT2D eigenvalue weighted by Crippen LogP contribution is -2.29. The molecule has 172 valence electrons. The van der Waals surface area contributed by atoms with Crippen molar-refractivity contribution in [1.82, 2.24) is 4.57 Å². The first-order valence-corrected chi connectivity index (χ1v) is 10.9. The van der Waals surface area contributed by atoms with Crippen molar-refractivity contribution < 1.29 is 28.3 Å². The molecule has 0 bridgehead atoms. The number of benzene rings is 2. The molecular weight excluding hydrogens is 439 g/mol. The topological polar surface area (TPSA) is 85.7 Å². The Morgan fingerprint density at radius 1 is 0.971 bits per heavy atom. The van der Waals surface area contributed by atoms with Gasteiger partial charge in [0.1, 0.15) is 5.82 Å². The molecule has 2 amide bonds. The van der Waals surface area contributed by atoms with Crippen LogP contribution >= 0.6 is 0 Å². The van der Waals surface area contributed by atoms with Gasteiger partial charge in [-0.15, -0.1) is 0 Å². The van der Waals surface area contributed by atoms with E-state index in [1.807, 2.05) is 19.9 Å². The monoisotopic (exact) mass is 460 g/mol. The number of amides is 2. The van der Waals surface area contributed by atoms with E-state index in [2.05, 4.69) is 4.57 Å². The second-order valence-electron chi connectivity index (χ2n) is 8.57. The van der Waals surface area contributed by atoms with Gasteiger partial charge in [0.15, 0.2) is 6.61 Å². The van der Waals surface area contributed by atoms with E-state index in [1.54, 1.807) is 0 Å². The number of aryl methyl sites for hydroxylation is 1. The molecule has 1 fully saturated rings. The van der Waals surface area contributed by atoms with Gasteiger partial charge in [-0.2, -0.15) is 0 Å². The number of esters is 1. The molecule has 1 aliphatic carbocycles. The summed E-state index contributed by atoms with van der Waals surface area (Å²) in [5, 5.41) is 0. The Kier molecular flexibility index (Phi) is 5.16. The maximum Gasteiger partial charge on any atom is 0.338 e. The summed E-state index contributed by atoms with van der Waals surface area (Å²) in [7, 11) is 0. The standard InChI is InChI=1S/C26H21FN2O5/c1-14-11-21(15(2)28(14)18-8-9-18)23(30)13-34-26(33)16-3-10-20-22(12-16)25(32)29(24(20)31)19-6-4-17(27)5-7-19/h3-7,10-12,18H,8-9,13H2,1-2H3. The third-order valence-corrected chi connectivity index (χ3v) is 6.24. The third-order valence-electron chi connectivity index (χ3n) is 6.24. The predicted octanol–water partition coefficient (Wildman–Crippen LogP) is 4.42. The molecule has 34 heavy (non-hydrogen) atoms. The van der Waals surface area contributed by atoms with Gasteiger partial charge in [-0.3, -0.25) is 14.4 Å². The van der Waals surface area contributed by atoms with E-state index in [-0.39, 0.29) is 28.2 Å². The molecule has 0 radical (unpaired) electrons. The number of ether oxygens (including phenoxy) is 1. The minimum Gasteiger partial charge on any atom is -0.454 e. The second kappa shape index (κ2) is 8.06. The van der Waals surface area contributed by atoms with Crippen molar-refractivity contribution in [3.05, 3.63) is 88.0 Å². The lowest BCUT2D eigenvalue weighted by atomic mass is 10.1. The number of nitrogens with zero attached hydrogens (tertiary/aromatic N) is 2. The number of hydrogen-bond acceptors (Lipinski definition) is 5. The second-order valence-corrected chi connectivity index (χ2v) is 8.57. The van der Waals surface area contributed by atoms with E-state index in [0.29, 0.717) is 11.6 Å². The Bertz CT molecular complexity index is 1370. The first-order valence-electron chi connectivity index (χ1n) is 10.9. The fraction of sp³-hybridized carbons (Fsp3) is 0.231. The number of rotatable bonds is 6. The van der Waals surface area contributed by atoms with Crippen molar-refractivity contribution in [1.29, 1.82) is 0 Å². The molecule has 0 N–H and O–H groups in total. The molecule has 5 rings (SSSR count). The van der Waals surface area contributed by atoms with Crippen LogP contribution in [0.5, 0.6) is 0 Å². The van der Waals surface area contributed by atoms with E-state index >= 15 is 0 Å². The van der Waals surface area contributed by atoms with Crippen LogP contribution in [0.3, 0.4) is 0 Å². The van der Waals surface area contributed by atoms with Gasteiger partial charge in [0.2, 0.25) is 5.78 Å². The average Bonchev–Trinajstić information content (AvgIpc) is 3.57. The summed E-state index contributed by atoms with van der Waals surface area (Å²) in [4.78, 5) is 51.8. The van der Waals surface area contributed by atoms with Crippen molar-refractivity contribution in [2.24, 2.45) is 0 Å². The van der Waals surface area contributed by atoms with E-state index in [0.717, 1.165) is 41.3 Å². The highest BCUT2D eigenvalue weighted by Gasteiger charge is 2.37. The average molecular weight is 460 g/mol. The van der Waals surface area contributed by atoms with Gasteiger partial charge < -0.3 is 9.30 Å². The summed E-state index contributed by atoms with van der Waals surface area (Å²) in [6, 6.07) is 11.3. The lowest BCUT2D eigenvalue weighted by Gasteiger charge is -2.13. The van der Waals surface area contributed by atoms with Crippen molar-refractivity contribution in [3.63, 3.8) is 0 Å². The lowest BCUT2D eigenvalue weighted by molar-refractivity contribution is 0.0474. The molecule has 7 nitrogen and oxygen atoms in total. The number of Topliss-reactive ketones (excluding diaryl/α,β-unsaturated/α-hetero) is 1. The van der Waals surface area contributed by atoms with Gasteiger partial charge in [0, 0.05) is 23.0 Å². The van der Waals surface area contributed by atoms with E-state index in [9.17, 15) is 23.6 Å². The van der Waals surface area contributed by atoms with Gasteiger partial charge >= 0.3 is 5.97 Å². The first-order chi connectivity index (χ1) is 16.3. The number of carbonyl (C=O) groups excluding carboxylic acids is 4. The number of fused-ring (bicyclic) bond motifs is 1. The summed E-state index contributed by atoms with van der Waals surface area (Å²) in [5.41, 5.74) is 2.86. The van der Waals surface area contributed by atoms with Crippen LogP contribution in [-0.2, 0) is 4.74 Å². The zero-order chi connectivity index (χ0) is 24.1. The zero-order valence-corrected chi connectivity index (χ0v) is 18.6. The molecule has 8 heteroatoms. The quantitative estimate of drug-likeness (QED) is 0.309. The Hall–Kier alpha value is -4.07. The highest BCUT2D eigenvalue weighted by atomic mass is 19.1. The minimum atomic E-state index is -0.771. The Morgan fingerprint density at radius 2 is 1.65 bits per heavy atom. The summed E-state index contributed by atoms with van der Waals surface area (Å²) in [6.07, 6.45) is 2.19. The maximum atomic E-state index is 13.2. The number of anilines is 1. The molecule has 3 aromatic rings. The van der Waals surface area contributed by atoms with Crippen LogP contribution in [0.4, 0.5) is 10.1 Å². The van der Waals surface area contributed by atoms with Crippen molar-refractivity contribution >= 4 is 29.3 Å². The summed E-state index contributed by atoms with van der Waals surface area (Å²) < 4.78 is 20.6. The third kappa shape index (κ3) is 3.61. The van der Waals surface area contributed by atoms with Gasteiger partial charge in [0.05, 0.1) is 22.4 Å². The number of aromatic nitrogens is 1. The van der Waals surface area contributed by atoms with E-state index < -0.39 is 30.2 Å². The largest absolute Gasteiger partial charge is 0.454 e. The highest BCUT2D eigenvalue weighted by molar-refractivity contribution is 6.34. The number of halogens is 1. The first kappa shape index (κ1) is 21.8. The fourth-order valence-corrected chi connectivity index (χ4v) is 4.44. The minimum absolute atomic E-state index is 0.0445. The van der Waals surface area contributed by atoms with Crippen LogP contribution in [0.15, 0.2) is 48.5 Å². The van der Waals surface area contributed by atoms with Crippen molar-refractivity contribution in [3.8, 4) is 0 Å². The Balaban J connectivity index is 1.31. The Labute approximate surface area is 194 Å². The van der Waals surface area contributed by atoms with Crippen LogP contribution < -0.4 is 4.90 Å². The number of hydrogen-bond donors (Lipinski definition) is 0. The van der Waals surface area contributed by atoms with Crippen LogP contribution in [0, 0.1) is 19.7 Å². The molecule has 2 aliphatic rings. The zero-order valence-electron chi connectivity index (χ0n) is 18.6. The highest BCUT2D eigenvalue weighted by Crippen LogP contribution is 2.38.